The number of rotatable bonds is 3. The highest BCUT2D eigenvalue weighted by Gasteiger charge is 2.40. The fourth-order valence-corrected chi connectivity index (χ4v) is 4.22. The van der Waals surface area contributed by atoms with Crippen LogP contribution < -0.4 is 0 Å². The maximum absolute atomic E-state index is 12.6. The Labute approximate surface area is 138 Å². The van der Waals surface area contributed by atoms with Gasteiger partial charge in [-0.05, 0) is 81.4 Å². The second-order valence-corrected chi connectivity index (χ2v) is 7.58. The van der Waals surface area contributed by atoms with Gasteiger partial charge in [0.1, 0.15) is 0 Å². The van der Waals surface area contributed by atoms with Crippen molar-refractivity contribution in [2.75, 3.05) is 26.2 Å². The third-order valence-corrected chi connectivity index (χ3v) is 6.14. The first-order valence-corrected chi connectivity index (χ1v) is 8.76. The number of aryl methyl sites for hydroxylation is 2. The van der Waals surface area contributed by atoms with Crippen molar-refractivity contribution >= 4 is 11.5 Å². The van der Waals surface area contributed by atoms with E-state index in [1.54, 1.807) is 0 Å². The SMILES string of the molecule is Cc1cc2c(cc1C)C(C(=O)OCC13CCN(CC1)CC3)=CC2. The van der Waals surface area contributed by atoms with Gasteiger partial charge in [0.2, 0.25) is 0 Å². The lowest BCUT2D eigenvalue weighted by Gasteiger charge is -2.47. The van der Waals surface area contributed by atoms with Gasteiger partial charge < -0.3 is 9.64 Å². The second-order valence-electron chi connectivity index (χ2n) is 7.58. The largest absolute Gasteiger partial charge is 0.461 e. The number of carbonyl (C=O) groups excluding carboxylic acids is 1. The number of carbonyl (C=O) groups is 1. The van der Waals surface area contributed by atoms with Gasteiger partial charge in [0.25, 0.3) is 0 Å². The molecule has 0 aromatic heterocycles. The summed E-state index contributed by atoms with van der Waals surface area (Å²) in [6.45, 7) is 8.33. The zero-order valence-corrected chi connectivity index (χ0v) is 14.2. The third kappa shape index (κ3) is 2.61. The van der Waals surface area contributed by atoms with Crippen molar-refractivity contribution in [1.82, 2.24) is 4.90 Å². The summed E-state index contributed by atoms with van der Waals surface area (Å²) in [4.78, 5) is 15.1. The summed E-state index contributed by atoms with van der Waals surface area (Å²) < 4.78 is 5.79. The normalized spacial score (nSPS) is 28.4. The van der Waals surface area contributed by atoms with Gasteiger partial charge in [0.15, 0.2) is 0 Å². The molecule has 0 radical (unpaired) electrons. The Morgan fingerprint density at radius 2 is 1.78 bits per heavy atom. The molecule has 3 heterocycles. The lowest BCUT2D eigenvalue weighted by Crippen LogP contribution is -2.50. The molecule has 1 aliphatic carbocycles. The molecular weight excluding hydrogens is 286 g/mol. The van der Waals surface area contributed by atoms with Crippen molar-refractivity contribution in [3.63, 3.8) is 0 Å². The Balaban J connectivity index is 1.46. The number of benzene rings is 1. The molecule has 23 heavy (non-hydrogen) atoms. The Kier molecular flexibility index (Phi) is 3.56. The van der Waals surface area contributed by atoms with Crippen molar-refractivity contribution in [2.24, 2.45) is 5.41 Å². The monoisotopic (exact) mass is 311 g/mol. The van der Waals surface area contributed by atoms with Crippen LogP contribution >= 0.6 is 0 Å². The molecule has 0 unspecified atom stereocenters. The van der Waals surface area contributed by atoms with Crippen LogP contribution in [0.2, 0.25) is 0 Å². The van der Waals surface area contributed by atoms with Crippen molar-refractivity contribution in [3.8, 4) is 0 Å². The molecule has 4 aliphatic rings. The molecule has 0 saturated carbocycles. The molecule has 0 N–H and O–H groups in total. The zero-order valence-electron chi connectivity index (χ0n) is 14.2. The number of esters is 1. The lowest BCUT2D eigenvalue weighted by molar-refractivity contribution is -0.143. The fraction of sp³-hybridized carbons (Fsp3) is 0.550. The Bertz CT molecular complexity index is 667. The first kappa shape index (κ1) is 14.9. The summed E-state index contributed by atoms with van der Waals surface area (Å²) in [5.74, 6) is -0.130. The number of hydrogen-bond donors (Lipinski definition) is 0. The minimum absolute atomic E-state index is 0.130. The van der Waals surface area contributed by atoms with Crippen LogP contribution in [0.1, 0.15) is 41.5 Å². The highest BCUT2D eigenvalue weighted by molar-refractivity contribution is 6.18. The quantitative estimate of drug-likeness (QED) is 0.802. The van der Waals surface area contributed by atoms with E-state index in [1.807, 2.05) is 6.08 Å². The molecule has 2 bridgehead atoms. The van der Waals surface area contributed by atoms with Crippen LogP contribution in [0.3, 0.4) is 0 Å². The van der Waals surface area contributed by atoms with Crippen LogP contribution in [-0.2, 0) is 16.0 Å². The van der Waals surface area contributed by atoms with E-state index < -0.39 is 0 Å². The standard InChI is InChI=1S/C20H25NO2/c1-14-11-16-3-4-17(18(16)12-15(14)2)19(22)23-13-20-5-8-21(9-6-20)10-7-20/h4,11-12H,3,5-10,13H2,1-2H3. The summed E-state index contributed by atoms with van der Waals surface area (Å²) in [5, 5.41) is 0. The van der Waals surface area contributed by atoms with Gasteiger partial charge in [-0.2, -0.15) is 0 Å². The fourth-order valence-electron chi connectivity index (χ4n) is 4.22. The molecule has 3 aliphatic heterocycles. The van der Waals surface area contributed by atoms with Crippen LogP contribution in [0.5, 0.6) is 0 Å². The Morgan fingerprint density at radius 1 is 1.13 bits per heavy atom. The van der Waals surface area contributed by atoms with Gasteiger partial charge in [-0.3, -0.25) is 0 Å². The van der Waals surface area contributed by atoms with E-state index in [1.165, 1.54) is 55.6 Å². The van der Waals surface area contributed by atoms with Crippen molar-refractivity contribution < 1.29 is 9.53 Å². The van der Waals surface area contributed by atoms with E-state index in [0.717, 1.165) is 17.6 Å². The summed E-state index contributed by atoms with van der Waals surface area (Å²) >= 11 is 0. The first-order chi connectivity index (χ1) is 11.1. The maximum Gasteiger partial charge on any atom is 0.338 e. The highest BCUT2D eigenvalue weighted by atomic mass is 16.5. The Morgan fingerprint density at radius 3 is 2.48 bits per heavy atom. The number of piperidine rings is 3. The number of allylic oxidation sites excluding steroid dienone is 1. The van der Waals surface area contributed by atoms with Gasteiger partial charge in [0, 0.05) is 5.41 Å². The van der Waals surface area contributed by atoms with Crippen LogP contribution in [0.25, 0.3) is 5.57 Å². The minimum Gasteiger partial charge on any atom is -0.461 e. The van der Waals surface area contributed by atoms with Crippen molar-refractivity contribution in [3.05, 3.63) is 40.5 Å². The Hall–Kier alpha value is -1.61. The third-order valence-electron chi connectivity index (χ3n) is 6.14. The summed E-state index contributed by atoms with van der Waals surface area (Å²) in [5.41, 5.74) is 5.88. The van der Waals surface area contributed by atoms with Crippen LogP contribution in [0.4, 0.5) is 0 Å². The van der Waals surface area contributed by atoms with E-state index in [0.29, 0.717) is 6.61 Å². The lowest BCUT2D eigenvalue weighted by atomic mass is 9.73. The number of ether oxygens (including phenoxy) is 1. The number of nitrogens with zero attached hydrogens (tertiary/aromatic N) is 1. The molecule has 0 spiro atoms. The average Bonchev–Trinajstić information content (AvgIpc) is 2.98. The van der Waals surface area contributed by atoms with Gasteiger partial charge in [-0.1, -0.05) is 18.2 Å². The molecule has 0 amide bonds. The number of hydrogen-bond acceptors (Lipinski definition) is 3. The molecule has 1 aromatic rings. The molecule has 122 valence electrons. The molecule has 3 saturated heterocycles. The molecule has 3 nitrogen and oxygen atoms in total. The average molecular weight is 311 g/mol. The first-order valence-electron chi connectivity index (χ1n) is 8.76. The van der Waals surface area contributed by atoms with Gasteiger partial charge in [0.05, 0.1) is 12.2 Å². The van der Waals surface area contributed by atoms with E-state index in [-0.39, 0.29) is 11.4 Å². The maximum atomic E-state index is 12.6. The van der Waals surface area contributed by atoms with Gasteiger partial charge in [-0.15, -0.1) is 0 Å². The molecule has 1 aromatic carbocycles. The second kappa shape index (κ2) is 5.48. The van der Waals surface area contributed by atoms with Gasteiger partial charge in [-0.25, -0.2) is 4.79 Å². The number of fused-ring (bicyclic) bond motifs is 4. The highest BCUT2D eigenvalue weighted by Crippen LogP contribution is 2.40. The van der Waals surface area contributed by atoms with Crippen molar-refractivity contribution in [2.45, 2.75) is 39.5 Å². The molecule has 0 atom stereocenters. The zero-order chi connectivity index (χ0) is 16.0. The topological polar surface area (TPSA) is 29.5 Å². The van der Waals surface area contributed by atoms with E-state index >= 15 is 0 Å². The summed E-state index contributed by atoms with van der Waals surface area (Å²) in [6.07, 6.45) is 6.41. The summed E-state index contributed by atoms with van der Waals surface area (Å²) in [6, 6.07) is 4.35. The predicted octanol–water partition coefficient (Wildman–Crippen LogP) is 3.27. The van der Waals surface area contributed by atoms with Crippen LogP contribution in [-0.4, -0.2) is 37.1 Å². The predicted molar refractivity (Wildman–Crippen MR) is 91.3 cm³/mol. The van der Waals surface area contributed by atoms with E-state index in [2.05, 4.69) is 30.9 Å². The molecule has 3 fully saturated rings. The van der Waals surface area contributed by atoms with Crippen molar-refractivity contribution in [1.29, 1.82) is 0 Å². The summed E-state index contributed by atoms with van der Waals surface area (Å²) in [7, 11) is 0. The van der Waals surface area contributed by atoms with Crippen LogP contribution in [0.15, 0.2) is 18.2 Å². The minimum atomic E-state index is -0.130. The van der Waals surface area contributed by atoms with E-state index in [9.17, 15) is 4.79 Å². The molecule has 3 heteroatoms. The van der Waals surface area contributed by atoms with E-state index in [4.69, 9.17) is 4.74 Å². The van der Waals surface area contributed by atoms with Gasteiger partial charge >= 0.3 is 5.97 Å². The molecule has 5 rings (SSSR count). The smallest absolute Gasteiger partial charge is 0.338 e. The van der Waals surface area contributed by atoms with Crippen LogP contribution in [0, 0.1) is 19.3 Å². The molecular formula is C20H25NO2.